The minimum atomic E-state index is -4.42. The zero-order chi connectivity index (χ0) is 23.2. The molecule has 2 aliphatic rings. The van der Waals surface area contributed by atoms with E-state index in [2.05, 4.69) is 10.0 Å². The van der Waals surface area contributed by atoms with Crippen molar-refractivity contribution >= 4 is 15.7 Å². The molecule has 0 aromatic heterocycles. The molecule has 0 saturated heterocycles. The van der Waals surface area contributed by atoms with Crippen molar-refractivity contribution in [2.75, 3.05) is 13.1 Å². The number of non-ortho nitro benzene ring substituents is 1. The molecule has 3 rings (SSSR count). The number of rotatable bonds is 6. The van der Waals surface area contributed by atoms with E-state index < -0.39 is 38.0 Å². The zero-order valence-electron chi connectivity index (χ0n) is 17.8. The third-order valence-corrected chi connectivity index (χ3v) is 8.79. The van der Waals surface area contributed by atoms with Gasteiger partial charge in [0, 0.05) is 18.7 Å². The van der Waals surface area contributed by atoms with Gasteiger partial charge >= 0.3 is 6.18 Å². The van der Waals surface area contributed by atoms with Gasteiger partial charge in [0.05, 0.1) is 21.8 Å². The standard InChI is InChI=1S/C20H28F3N3O4S/c1-18(2,3)31(29,30)25-19(11-24-12-20(21,22)23)15-5-6-16(19)9-14-10-17(26(27)28)7-4-13(14)8-15/h4,7,10,15-16,24-25H,5-6,8-9,11-12H2,1-3H3. The Labute approximate surface area is 180 Å². The summed E-state index contributed by atoms with van der Waals surface area (Å²) < 4.78 is 66.3. The molecule has 31 heavy (non-hydrogen) atoms. The van der Waals surface area contributed by atoms with E-state index >= 15 is 0 Å². The van der Waals surface area contributed by atoms with Gasteiger partial charge in [-0.1, -0.05) is 6.07 Å². The van der Waals surface area contributed by atoms with Crippen molar-refractivity contribution in [2.24, 2.45) is 11.8 Å². The molecule has 1 saturated carbocycles. The Bertz CT molecular complexity index is 959. The van der Waals surface area contributed by atoms with Crippen LogP contribution in [0.5, 0.6) is 0 Å². The van der Waals surface area contributed by atoms with E-state index in [9.17, 15) is 31.7 Å². The van der Waals surface area contributed by atoms with Crippen LogP contribution in [0.1, 0.15) is 44.7 Å². The van der Waals surface area contributed by atoms with Crippen LogP contribution in [-0.4, -0.2) is 42.9 Å². The number of hydrogen-bond acceptors (Lipinski definition) is 5. The molecule has 2 N–H and O–H groups in total. The Morgan fingerprint density at radius 1 is 1.13 bits per heavy atom. The molecule has 11 heteroatoms. The number of sulfonamides is 1. The summed E-state index contributed by atoms with van der Waals surface area (Å²) in [5, 5.41) is 13.6. The lowest BCUT2D eigenvalue weighted by Crippen LogP contribution is -2.63. The molecule has 0 amide bonds. The normalized spacial score (nSPS) is 26.4. The summed E-state index contributed by atoms with van der Waals surface area (Å²) in [6, 6.07) is 4.60. The van der Waals surface area contributed by atoms with Crippen molar-refractivity contribution in [3.8, 4) is 0 Å². The van der Waals surface area contributed by atoms with E-state index in [1.54, 1.807) is 26.8 Å². The van der Waals surface area contributed by atoms with E-state index in [0.29, 0.717) is 25.7 Å². The van der Waals surface area contributed by atoms with Crippen molar-refractivity contribution in [1.29, 1.82) is 0 Å². The molecule has 0 heterocycles. The lowest BCUT2D eigenvalue weighted by Gasteiger charge is -2.42. The topological polar surface area (TPSA) is 101 Å². The average molecular weight is 464 g/mol. The fourth-order valence-corrected chi connectivity index (χ4v) is 5.98. The highest BCUT2D eigenvalue weighted by atomic mass is 32.2. The molecule has 0 spiro atoms. The lowest BCUT2D eigenvalue weighted by molar-refractivity contribution is -0.384. The minimum absolute atomic E-state index is 0.0485. The molecule has 1 aromatic carbocycles. The van der Waals surface area contributed by atoms with Crippen LogP contribution in [0.4, 0.5) is 18.9 Å². The van der Waals surface area contributed by atoms with E-state index in [-0.39, 0.29) is 24.1 Å². The number of alkyl halides is 3. The third kappa shape index (κ3) is 4.88. The Kier molecular flexibility index (Phi) is 6.18. The van der Waals surface area contributed by atoms with Crippen LogP contribution in [0.2, 0.25) is 0 Å². The number of nitro benzene ring substituents is 1. The van der Waals surface area contributed by atoms with E-state index in [1.165, 1.54) is 12.1 Å². The quantitative estimate of drug-likeness (QED) is 0.498. The first-order chi connectivity index (χ1) is 14.1. The molecule has 2 bridgehead atoms. The maximum atomic E-state index is 13.1. The predicted octanol–water partition coefficient (Wildman–Crippen LogP) is 3.33. The second-order valence-corrected chi connectivity index (χ2v) is 12.0. The van der Waals surface area contributed by atoms with Gasteiger partial charge in [0.25, 0.3) is 5.69 Å². The summed E-state index contributed by atoms with van der Waals surface area (Å²) in [5.41, 5.74) is 0.489. The number of nitrogens with one attached hydrogen (secondary N) is 2. The summed E-state index contributed by atoms with van der Waals surface area (Å²) in [7, 11) is -3.85. The molecule has 1 aromatic rings. The van der Waals surface area contributed by atoms with E-state index in [1.807, 2.05) is 0 Å². The molecule has 0 aliphatic heterocycles. The van der Waals surface area contributed by atoms with Gasteiger partial charge in [0.2, 0.25) is 10.0 Å². The van der Waals surface area contributed by atoms with Crippen LogP contribution in [0, 0.1) is 22.0 Å². The first-order valence-corrected chi connectivity index (χ1v) is 11.7. The van der Waals surface area contributed by atoms with E-state index in [0.717, 1.165) is 11.1 Å². The van der Waals surface area contributed by atoms with Gasteiger partial charge in [-0.15, -0.1) is 0 Å². The highest BCUT2D eigenvalue weighted by Gasteiger charge is 2.54. The molecule has 3 atom stereocenters. The third-order valence-electron chi connectivity index (χ3n) is 6.53. The predicted molar refractivity (Wildman–Crippen MR) is 110 cm³/mol. The largest absolute Gasteiger partial charge is 0.401 e. The van der Waals surface area contributed by atoms with Crippen molar-refractivity contribution in [3.63, 3.8) is 0 Å². The molecule has 2 aliphatic carbocycles. The first-order valence-electron chi connectivity index (χ1n) is 10.2. The monoisotopic (exact) mass is 463 g/mol. The second-order valence-electron chi connectivity index (χ2n) is 9.57. The van der Waals surface area contributed by atoms with Gasteiger partial charge in [0.1, 0.15) is 0 Å². The number of benzene rings is 1. The maximum Gasteiger partial charge on any atom is 0.401 e. The SMILES string of the molecule is CC(C)(C)S(=O)(=O)NC1(CNCC(F)(F)F)C2CCC1Cc1cc([N+](=O)[O-])ccc1C2. The molecular weight excluding hydrogens is 435 g/mol. The summed E-state index contributed by atoms with van der Waals surface area (Å²) in [5.74, 6) is -0.503. The smallest absolute Gasteiger partial charge is 0.307 e. The van der Waals surface area contributed by atoms with Crippen LogP contribution < -0.4 is 10.0 Å². The average Bonchev–Trinajstić information content (AvgIpc) is 2.82. The number of nitro groups is 1. The van der Waals surface area contributed by atoms with Gasteiger partial charge in [0.15, 0.2) is 0 Å². The van der Waals surface area contributed by atoms with Crippen LogP contribution >= 0.6 is 0 Å². The number of nitrogens with zero attached hydrogens (tertiary/aromatic N) is 1. The Hall–Kier alpha value is -1.72. The number of halogens is 3. The molecule has 0 radical (unpaired) electrons. The zero-order valence-corrected chi connectivity index (χ0v) is 18.6. The van der Waals surface area contributed by atoms with Crippen molar-refractivity contribution < 1.29 is 26.5 Å². The summed E-state index contributed by atoms with van der Waals surface area (Å²) in [4.78, 5) is 10.7. The maximum absolute atomic E-state index is 13.1. The van der Waals surface area contributed by atoms with Crippen LogP contribution in [-0.2, 0) is 22.9 Å². The van der Waals surface area contributed by atoms with Gasteiger partial charge in [-0.05, 0) is 69.4 Å². The fraction of sp³-hybridized carbons (Fsp3) is 0.700. The lowest BCUT2D eigenvalue weighted by atomic mass is 9.79. The molecule has 1 fully saturated rings. The number of hydrogen-bond donors (Lipinski definition) is 2. The molecule has 174 valence electrons. The van der Waals surface area contributed by atoms with Gasteiger partial charge in [-0.3, -0.25) is 10.1 Å². The summed E-state index contributed by atoms with van der Waals surface area (Å²) in [6.07, 6.45) is -2.30. The second kappa shape index (κ2) is 8.00. The first kappa shape index (κ1) is 23.9. The van der Waals surface area contributed by atoms with Crippen molar-refractivity contribution in [2.45, 2.75) is 62.9 Å². The minimum Gasteiger partial charge on any atom is -0.307 e. The van der Waals surface area contributed by atoms with Crippen LogP contribution in [0.25, 0.3) is 0 Å². The summed E-state index contributed by atoms with van der Waals surface area (Å²) in [6.45, 7) is 3.26. The van der Waals surface area contributed by atoms with Gasteiger partial charge < -0.3 is 5.32 Å². The fourth-order valence-electron chi connectivity index (χ4n) is 4.77. The van der Waals surface area contributed by atoms with Gasteiger partial charge in [-0.2, -0.15) is 13.2 Å². The Morgan fingerprint density at radius 3 is 2.23 bits per heavy atom. The Morgan fingerprint density at radius 2 is 1.71 bits per heavy atom. The van der Waals surface area contributed by atoms with Crippen molar-refractivity contribution in [1.82, 2.24) is 10.0 Å². The Balaban J connectivity index is 2.01. The molecular formula is C20H28F3N3O4S. The van der Waals surface area contributed by atoms with Crippen LogP contribution in [0.3, 0.4) is 0 Å². The molecule has 3 unspecified atom stereocenters. The van der Waals surface area contributed by atoms with Crippen LogP contribution in [0.15, 0.2) is 18.2 Å². The van der Waals surface area contributed by atoms with Gasteiger partial charge in [-0.25, -0.2) is 13.1 Å². The molecule has 7 nitrogen and oxygen atoms in total. The number of fused-ring (bicyclic) bond motifs is 3. The van der Waals surface area contributed by atoms with Crippen molar-refractivity contribution in [3.05, 3.63) is 39.4 Å². The summed E-state index contributed by atoms with van der Waals surface area (Å²) >= 11 is 0. The highest BCUT2D eigenvalue weighted by Crippen LogP contribution is 2.48. The highest BCUT2D eigenvalue weighted by molar-refractivity contribution is 7.90. The van der Waals surface area contributed by atoms with E-state index in [4.69, 9.17) is 0 Å².